The van der Waals surface area contributed by atoms with Gasteiger partial charge in [-0.3, -0.25) is 24.3 Å². The lowest BCUT2D eigenvalue weighted by Gasteiger charge is -2.34. The number of imide groups is 1. The van der Waals surface area contributed by atoms with E-state index in [9.17, 15) is 14.4 Å². The Hall–Kier alpha value is -2.70. The van der Waals surface area contributed by atoms with Gasteiger partial charge >= 0.3 is 0 Å². The summed E-state index contributed by atoms with van der Waals surface area (Å²) in [4.78, 5) is 41.6. The molecule has 7 heteroatoms. The molecule has 1 saturated heterocycles. The summed E-state index contributed by atoms with van der Waals surface area (Å²) in [6, 6.07) is 4.19. The zero-order valence-electron chi connectivity index (χ0n) is 17.3. The minimum Gasteiger partial charge on any atom is -0.398 e. The van der Waals surface area contributed by atoms with E-state index in [1.165, 1.54) is 18.2 Å². The third kappa shape index (κ3) is 1.89. The zero-order valence-corrected chi connectivity index (χ0v) is 11.3. The van der Waals surface area contributed by atoms with Crippen LogP contribution in [0.4, 0.5) is 5.69 Å². The first-order valence-corrected chi connectivity index (χ1v) is 6.47. The van der Waals surface area contributed by atoms with Crippen LogP contribution in [0.5, 0.6) is 0 Å². The minimum absolute atomic E-state index is 0.0413. The van der Waals surface area contributed by atoms with Gasteiger partial charge in [-0.25, -0.2) is 4.98 Å². The molecule has 1 atom stereocenters. The summed E-state index contributed by atoms with van der Waals surface area (Å²) in [5, 5.41) is 1.70. The summed E-state index contributed by atoms with van der Waals surface area (Å²) in [6.07, 6.45) is -0.976. The molecular formula is C15H16N4O3. The number of nitrogens with one attached hydrogen (secondary N) is 1. The monoisotopic (exact) mass is 306 g/mol. The lowest BCUT2D eigenvalue weighted by Crippen LogP contribution is -2.56. The van der Waals surface area contributed by atoms with Crippen molar-refractivity contribution in [3.8, 4) is 0 Å². The number of aryl methyl sites for hydroxylation is 1. The SMILES string of the molecule is [2H]C([2H])([2H])c1nc2cccc(N)c2c(=O)n1[C@]1(C([2H])([2H])[2H])CCC(=O)NC1=O. The zero-order chi connectivity index (χ0) is 21.1. The van der Waals surface area contributed by atoms with Gasteiger partial charge in [-0.15, -0.1) is 0 Å². The maximum atomic E-state index is 13.3. The summed E-state index contributed by atoms with van der Waals surface area (Å²) in [7, 11) is 0. The molecule has 1 aromatic carbocycles. The summed E-state index contributed by atoms with van der Waals surface area (Å²) in [6.45, 7) is -6.17. The van der Waals surface area contributed by atoms with Crippen LogP contribution in [0, 0.1) is 6.85 Å². The van der Waals surface area contributed by atoms with Crippen LogP contribution < -0.4 is 16.6 Å². The molecule has 1 aromatic heterocycles. The Labute approximate surface area is 134 Å². The van der Waals surface area contributed by atoms with Gasteiger partial charge in [0.2, 0.25) is 5.91 Å². The second-order valence-corrected chi connectivity index (χ2v) is 5.05. The third-order valence-electron chi connectivity index (χ3n) is 3.65. The maximum Gasteiger partial charge on any atom is 0.264 e. The second kappa shape index (κ2) is 4.66. The van der Waals surface area contributed by atoms with Crippen molar-refractivity contribution in [3.05, 3.63) is 34.4 Å². The number of hydrogen-bond acceptors (Lipinski definition) is 5. The number of benzene rings is 1. The van der Waals surface area contributed by atoms with Crippen LogP contribution in [0.2, 0.25) is 0 Å². The number of aromatic nitrogens is 2. The number of anilines is 1. The number of rotatable bonds is 1. The largest absolute Gasteiger partial charge is 0.398 e. The van der Waals surface area contributed by atoms with Gasteiger partial charge in [0.05, 0.1) is 10.9 Å². The topological polar surface area (TPSA) is 107 Å². The fraction of sp³-hybridized carbons (Fsp3) is 0.333. The van der Waals surface area contributed by atoms with Gasteiger partial charge in [-0.05, 0) is 32.3 Å². The highest BCUT2D eigenvalue weighted by atomic mass is 16.2. The van der Waals surface area contributed by atoms with Crippen molar-refractivity contribution in [2.45, 2.75) is 32.1 Å². The van der Waals surface area contributed by atoms with Crippen molar-refractivity contribution >= 4 is 28.4 Å². The molecule has 0 unspecified atom stereocenters. The molecule has 2 amide bonds. The molecule has 2 heterocycles. The molecule has 2 aromatic rings. The van der Waals surface area contributed by atoms with Gasteiger partial charge in [-0.1, -0.05) is 6.07 Å². The average Bonchev–Trinajstić information content (AvgIpc) is 2.53. The lowest BCUT2D eigenvalue weighted by molar-refractivity contribution is -0.140. The Morgan fingerprint density at radius 3 is 2.91 bits per heavy atom. The summed E-state index contributed by atoms with van der Waals surface area (Å²) in [5.41, 5.74) is 2.05. The highest BCUT2D eigenvalue weighted by Gasteiger charge is 2.42. The first-order valence-electron chi connectivity index (χ1n) is 9.47. The van der Waals surface area contributed by atoms with E-state index in [1.807, 2.05) is 5.32 Å². The van der Waals surface area contributed by atoms with Crippen LogP contribution in [-0.4, -0.2) is 21.4 Å². The van der Waals surface area contributed by atoms with Crippen molar-refractivity contribution in [1.29, 1.82) is 0 Å². The molecule has 0 saturated carbocycles. The van der Waals surface area contributed by atoms with Crippen molar-refractivity contribution in [2.24, 2.45) is 0 Å². The van der Waals surface area contributed by atoms with E-state index < -0.39 is 48.9 Å². The minimum atomic E-state index is -3.15. The molecule has 0 radical (unpaired) electrons. The molecular weight excluding hydrogens is 284 g/mol. The molecule has 1 aliphatic rings. The van der Waals surface area contributed by atoms with Gasteiger partial charge in [0.1, 0.15) is 11.4 Å². The fourth-order valence-corrected chi connectivity index (χ4v) is 2.52. The van der Waals surface area contributed by atoms with E-state index in [0.29, 0.717) is 4.57 Å². The van der Waals surface area contributed by atoms with E-state index in [4.69, 9.17) is 14.0 Å². The van der Waals surface area contributed by atoms with Gasteiger partial charge in [0, 0.05) is 20.3 Å². The fourth-order valence-electron chi connectivity index (χ4n) is 2.52. The number of hydrogen-bond donors (Lipinski definition) is 2. The Bertz CT molecular complexity index is 1060. The van der Waals surface area contributed by atoms with Gasteiger partial charge in [0.15, 0.2) is 0 Å². The molecule has 114 valence electrons. The van der Waals surface area contributed by atoms with Crippen LogP contribution >= 0.6 is 0 Å². The number of amides is 2. The summed E-state index contributed by atoms with van der Waals surface area (Å²) < 4.78 is 47.4. The molecule has 0 spiro atoms. The highest BCUT2D eigenvalue weighted by molar-refractivity contribution is 6.01. The first kappa shape index (κ1) is 8.67. The molecule has 3 N–H and O–H groups in total. The van der Waals surface area contributed by atoms with E-state index in [0.717, 1.165) is 0 Å². The van der Waals surface area contributed by atoms with Crippen molar-refractivity contribution in [2.75, 3.05) is 5.73 Å². The van der Waals surface area contributed by atoms with Crippen molar-refractivity contribution < 1.29 is 17.8 Å². The molecule has 1 aliphatic heterocycles. The van der Waals surface area contributed by atoms with Crippen molar-refractivity contribution in [1.82, 2.24) is 14.9 Å². The van der Waals surface area contributed by atoms with Crippen LogP contribution in [0.15, 0.2) is 23.0 Å². The van der Waals surface area contributed by atoms with E-state index in [1.54, 1.807) is 0 Å². The number of nitrogen functional groups attached to an aromatic ring is 1. The van der Waals surface area contributed by atoms with Gasteiger partial charge in [0.25, 0.3) is 11.5 Å². The normalized spacial score (nSPS) is 27.1. The number of carbonyl (C=O) groups is 2. The molecule has 3 rings (SSSR count). The standard InChI is InChI=1S/C15H16N4O3/c1-8-17-10-5-3-4-9(16)12(10)13(21)19(8)15(2)7-6-11(20)18-14(15)22/h3-5H,6-7,16H2,1-2H3,(H,18,20,22)/t15-/m1/s1/i1D3,2D3. The van der Waals surface area contributed by atoms with Crippen molar-refractivity contribution in [3.63, 3.8) is 0 Å². The van der Waals surface area contributed by atoms with E-state index in [2.05, 4.69) is 4.98 Å². The predicted molar refractivity (Wildman–Crippen MR) is 81.2 cm³/mol. The number of fused-ring (bicyclic) bond motifs is 1. The molecule has 0 bridgehead atoms. The van der Waals surface area contributed by atoms with Crippen LogP contribution in [0.1, 0.15) is 33.7 Å². The number of carbonyl (C=O) groups excluding carboxylic acids is 2. The average molecular weight is 306 g/mol. The molecule has 0 aliphatic carbocycles. The summed E-state index contributed by atoms with van der Waals surface area (Å²) in [5.74, 6) is -2.87. The Kier molecular flexibility index (Phi) is 1.84. The quantitative estimate of drug-likeness (QED) is 0.587. The highest BCUT2D eigenvalue weighted by Crippen LogP contribution is 2.27. The van der Waals surface area contributed by atoms with E-state index >= 15 is 0 Å². The Morgan fingerprint density at radius 1 is 1.41 bits per heavy atom. The maximum absolute atomic E-state index is 13.3. The van der Waals surface area contributed by atoms with Crippen LogP contribution in [0.3, 0.4) is 0 Å². The molecule has 7 nitrogen and oxygen atoms in total. The molecule has 1 fully saturated rings. The number of nitrogens with zero attached hydrogens (tertiary/aromatic N) is 2. The van der Waals surface area contributed by atoms with Gasteiger partial charge in [-0.2, -0.15) is 0 Å². The second-order valence-electron chi connectivity index (χ2n) is 5.05. The summed E-state index contributed by atoms with van der Waals surface area (Å²) >= 11 is 0. The smallest absolute Gasteiger partial charge is 0.264 e. The Balaban J connectivity index is 2.54. The van der Waals surface area contributed by atoms with E-state index in [-0.39, 0.29) is 23.0 Å². The third-order valence-corrected chi connectivity index (χ3v) is 3.65. The Morgan fingerprint density at radius 2 is 2.23 bits per heavy atom. The first-order chi connectivity index (χ1) is 12.8. The van der Waals surface area contributed by atoms with Crippen LogP contribution in [-0.2, 0) is 15.1 Å². The van der Waals surface area contributed by atoms with Gasteiger partial charge < -0.3 is 5.73 Å². The predicted octanol–water partition coefficient (Wildman–Crippen LogP) is 0.439. The number of piperidine rings is 1. The van der Waals surface area contributed by atoms with Crippen LogP contribution in [0.25, 0.3) is 10.9 Å². The lowest BCUT2D eigenvalue weighted by atomic mass is 9.90. The number of nitrogens with two attached hydrogens (primary N) is 1. The molecule has 22 heavy (non-hydrogen) atoms.